The van der Waals surface area contributed by atoms with Crippen molar-refractivity contribution in [2.45, 2.75) is 51.9 Å². The molecule has 0 spiro atoms. The molecule has 0 aliphatic heterocycles. The molecule has 0 nitrogen and oxygen atoms in total. The molecule has 3 aromatic carbocycles. The maximum Gasteiger partial charge on any atom is 0.177 e. The van der Waals surface area contributed by atoms with E-state index in [1.165, 1.54) is 0 Å². The van der Waals surface area contributed by atoms with Gasteiger partial charge < -0.3 is 0 Å². The molecular formula is C30H26F2S2Si2. The first-order valence-electron chi connectivity index (χ1n) is 12.4. The third-order valence-corrected chi connectivity index (χ3v) is 14.4. The van der Waals surface area contributed by atoms with Gasteiger partial charge in [0.05, 0.1) is 0 Å². The third-order valence-electron chi connectivity index (χ3n) is 7.27. The standard InChI is InChI=1S/C30H26F2S2Si2/c1-5-35-11-9-21-23-13-19-15-29(31)34-28(19)18-26(23)22(10-12-36(6-2,7-3)8-4)24-14-20-16-30(32)33-27(20)17-25(21)24/h13-18H,5-8H2,1-4H3. The van der Waals surface area contributed by atoms with Gasteiger partial charge in [0.2, 0.25) is 0 Å². The Bertz CT molecular complexity index is 1650. The van der Waals surface area contributed by atoms with Crippen LogP contribution >= 0.6 is 22.7 Å². The van der Waals surface area contributed by atoms with Crippen LogP contribution in [0.1, 0.15) is 38.8 Å². The first-order valence-corrected chi connectivity index (χ1v) is 17.9. The summed E-state index contributed by atoms with van der Waals surface area (Å²) in [5, 5.41) is 5.40. The Morgan fingerprint density at radius 2 is 1.17 bits per heavy atom. The number of halogens is 2. The minimum absolute atomic E-state index is 0.192. The van der Waals surface area contributed by atoms with Gasteiger partial charge in [0, 0.05) is 31.3 Å². The van der Waals surface area contributed by atoms with Gasteiger partial charge in [-0.05, 0) is 76.1 Å². The molecule has 0 bridgehead atoms. The van der Waals surface area contributed by atoms with Gasteiger partial charge in [-0.3, -0.25) is 0 Å². The van der Waals surface area contributed by atoms with E-state index in [1.54, 1.807) is 12.1 Å². The molecule has 0 fully saturated rings. The number of benzene rings is 3. The maximum atomic E-state index is 14.3. The SMILES string of the molecule is CC[Si]C#Cc1c2cc3cc(F)sc3cc2c(C#C[Si](CC)(CC)CC)c2cc3cc(F)sc3cc12. The lowest BCUT2D eigenvalue weighted by molar-refractivity contribution is 0.658. The van der Waals surface area contributed by atoms with Crippen molar-refractivity contribution >= 4 is 82.0 Å². The van der Waals surface area contributed by atoms with Gasteiger partial charge in [-0.1, -0.05) is 45.6 Å². The molecule has 0 unspecified atom stereocenters. The molecule has 36 heavy (non-hydrogen) atoms. The molecule has 0 aliphatic rings. The summed E-state index contributed by atoms with van der Waals surface area (Å²) >= 11 is 2.32. The first kappa shape index (κ1) is 25.2. The monoisotopic (exact) mass is 544 g/mol. The Hall–Kier alpha value is -2.49. The van der Waals surface area contributed by atoms with Crippen LogP contribution in [0.15, 0.2) is 36.4 Å². The fourth-order valence-corrected chi connectivity index (χ4v) is 9.33. The summed E-state index contributed by atoms with van der Waals surface area (Å²) in [6.45, 7) is 8.90. The lowest BCUT2D eigenvalue weighted by Gasteiger charge is -2.20. The van der Waals surface area contributed by atoms with Gasteiger partial charge in [-0.2, -0.15) is 8.78 Å². The van der Waals surface area contributed by atoms with Gasteiger partial charge in [-0.25, -0.2) is 0 Å². The highest BCUT2D eigenvalue weighted by atomic mass is 32.1. The summed E-state index contributed by atoms with van der Waals surface area (Å²) in [7, 11) is -1.17. The summed E-state index contributed by atoms with van der Waals surface area (Å²) in [5.41, 5.74) is 9.01. The molecule has 0 saturated carbocycles. The van der Waals surface area contributed by atoms with Crippen LogP contribution in [0.25, 0.3) is 41.7 Å². The molecule has 180 valence electrons. The largest absolute Gasteiger partial charge is 0.195 e. The van der Waals surface area contributed by atoms with Crippen LogP contribution in [0.5, 0.6) is 0 Å². The van der Waals surface area contributed by atoms with Crippen LogP contribution in [-0.2, 0) is 0 Å². The lowest BCUT2D eigenvalue weighted by Crippen LogP contribution is -2.29. The van der Waals surface area contributed by atoms with E-state index in [2.05, 4.69) is 74.9 Å². The minimum atomic E-state index is -1.72. The first-order chi connectivity index (χ1) is 17.4. The summed E-state index contributed by atoms with van der Waals surface area (Å²) in [6.07, 6.45) is 0. The van der Waals surface area contributed by atoms with Gasteiger partial charge >= 0.3 is 0 Å². The number of hydrogen-bond acceptors (Lipinski definition) is 2. The van der Waals surface area contributed by atoms with Crippen LogP contribution in [0.3, 0.4) is 0 Å². The van der Waals surface area contributed by atoms with Crippen molar-refractivity contribution in [1.29, 1.82) is 0 Å². The molecule has 2 aromatic heterocycles. The number of rotatable bonds is 4. The molecule has 0 aliphatic carbocycles. The molecular weight excluding hydrogens is 519 g/mol. The fourth-order valence-electron chi connectivity index (χ4n) is 4.90. The van der Waals surface area contributed by atoms with E-state index in [-0.39, 0.29) is 10.3 Å². The predicted molar refractivity (Wildman–Crippen MR) is 159 cm³/mol. The van der Waals surface area contributed by atoms with E-state index < -0.39 is 8.07 Å². The van der Waals surface area contributed by atoms with Crippen molar-refractivity contribution < 1.29 is 8.78 Å². The van der Waals surface area contributed by atoms with Gasteiger partial charge in [0.15, 0.2) is 10.3 Å². The minimum Gasteiger partial charge on any atom is -0.195 e. The Morgan fingerprint density at radius 3 is 1.64 bits per heavy atom. The molecule has 2 radical (unpaired) electrons. The highest BCUT2D eigenvalue weighted by Crippen LogP contribution is 2.40. The highest BCUT2D eigenvalue weighted by Gasteiger charge is 2.25. The Morgan fingerprint density at radius 1 is 0.694 bits per heavy atom. The molecule has 2 heterocycles. The van der Waals surface area contributed by atoms with Crippen LogP contribution in [0.4, 0.5) is 8.78 Å². The maximum absolute atomic E-state index is 14.3. The zero-order chi connectivity index (χ0) is 25.4. The van der Waals surface area contributed by atoms with Crippen molar-refractivity contribution in [1.82, 2.24) is 0 Å². The van der Waals surface area contributed by atoms with E-state index in [0.717, 1.165) is 99.7 Å². The van der Waals surface area contributed by atoms with E-state index in [1.807, 2.05) is 0 Å². The number of fused-ring (bicyclic) bond motifs is 4. The van der Waals surface area contributed by atoms with Crippen molar-refractivity contribution in [2.75, 3.05) is 0 Å². The number of hydrogen-bond donors (Lipinski definition) is 0. The van der Waals surface area contributed by atoms with Crippen LogP contribution in [0, 0.1) is 33.2 Å². The Labute approximate surface area is 222 Å². The average molecular weight is 545 g/mol. The Balaban J connectivity index is 1.98. The van der Waals surface area contributed by atoms with Crippen molar-refractivity contribution in [3.05, 3.63) is 57.8 Å². The van der Waals surface area contributed by atoms with E-state index in [4.69, 9.17) is 0 Å². The quantitative estimate of drug-likeness (QED) is 0.120. The molecule has 5 aromatic rings. The van der Waals surface area contributed by atoms with E-state index in [9.17, 15) is 8.78 Å². The van der Waals surface area contributed by atoms with E-state index >= 15 is 0 Å². The lowest BCUT2D eigenvalue weighted by atomic mass is 9.91. The summed E-state index contributed by atoms with van der Waals surface area (Å²) in [6, 6.07) is 15.9. The number of thiophene rings is 2. The van der Waals surface area contributed by atoms with Gasteiger partial charge in [-0.15, -0.1) is 33.8 Å². The third kappa shape index (κ3) is 4.42. The molecule has 0 amide bonds. The average Bonchev–Trinajstić information content (AvgIpc) is 3.43. The van der Waals surface area contributed by atoms with Crippen LogP contribution in [0.2, 0.25) is 24.2 Å². The van der Waals surface area contributed by atoms with Crippen molar-refractivity contribution in [2.24, 2.45) is 0 Å². The summed E-state index contributed by atoms with van der Waals surface area (Å²) in [4.78, 5) is 0. The Kier molecular flexibility index (Phi) is 7.07. The summed E-state index contributed by atoms with van der Waals surface area (Å²) < 4.78 is 30.3. The second kappa shape index (κ2) is 10.1. The molecule has 6 heteroatoms. The normalized spacial score (nSPS) is 11.7. The second-order valence-electron chi connectivity index (χ2n) is 9.09. The molecule has 0 atom stereocenters. The zero-order valence-corrected chi connectivity index (χ0v) is 24.5. The smallest absolute Gasteiger partial charge is 0.177 e. The molecule has 0 N–H and O–H groups in total. The molecule has 5 rings (SSSR count). The van der Waals surface area contributed by atoms with Crippen LogP contribution < -0.4 is 0 Å². The zero-order valence-electron chi connectivity index (χ0n) is 20.9. The van der Waals surface area contributed by atoms with E-state index in [0.29, 0.717) is 9.52 Å². The predicted octanol–water partition coefficient (Wildman–Crippen LogP) is 9.55. The van der Waals surface area contributed by atoms with Gasteiger partial charge in [0.25, 0.3) is 0 Å². The fraction of sp³-hybridized carbons (Fsp3) is 0.267. The second-order valence-corrected chi connectivity index (χ2v) is 17.4. The topological polar surface area (TPSA) is 0 Å². The van der Waals surface area contributed by atoms with Crippen LogP contribution in [-0.4, -0.2) is 17.6 Å². The molecule has 0 saturated heterocycles. The summed E-state index contributed by atoms with van der Waals surface area (Å²) in [5.74, 6) is 7.10. The van der Waals surface area contributed by atoms with Crippen molar-refractivity contribution in [3.63, 3.8) is 0 Å². The van der Waals surface area contributed by atoms with Gasteiger partial charge in [0.1, 0.15) is 17.6 Å². The van der Waals surface area contributed by atoms with Crippen molar-refractivity contribution in [3.8, 4) is 22.9 Å². The highest BCUT2D eigenvalue weighted by molar-refractivity contribution is 7.18.